The number of benzene rings is 2. The molecule has 0 saturated carbocycles. The second-order valence-corrected chi connectivity index (χ2v) is 6.64. The van der Waals surface area contributed by atoms with Crippen LogP contribution in [0.5, 0.6) is 11.5 Å². The summed E-state index contributed by atoms with van der Waals surface area (Å²) in [4.78, 5) is 23.2. The molecule has 0 radical (unpaired) electrons. The Labute approximate surface area is 163 Å². The molecule has 2 aromatic carbocycles. The molecule has 0 atom stereocenters. The van der Waals surface area contributed by atoms with Crippen molar-refractivity contribution in [3.63, 3.8) is 0 Å². The van der Waals surface area contributed by atoms with E-state index in [0.717, 1.165) is 15.4 Å². The van der Waals surface area contributed by atoms with E-state index in [-0.39, 0.29) is 19.8 Å². The maximum absolute atomic E-state index is 11.8. The quantitative estimate of drug-likeness (QED) is 0.320. The average Bonchev–Trinajstić information content (AvgIpc) is 2.63. The monoisotopic (exact) mass is 432 g/mol. The Morgan fingerprint density at radius 3 is 2.67 bits per heavy atom. The maximum atomic E-state index is 11.8. The number of hydrogen-bond donors (Lipinski definition) is 0. The number of halogens is 1. The van der Waals surface area contributed by atoms with E-state index in [1.807, 2.05) is 31.2 Å². The molecule has 7 heteroatoms. The number of ether oxygens (including phenoxy) is 3. The van der Waals surface area contributed by atoms with Crippen LogP contribution in [0.2, 0.25) is 0 Å². The minimum Gasteiger partial charge on any atom is -0.490 e. The molecule has 0 bridgehead atoms. The molecular formula is C20H17BrO6. The van der Waals surface area contributed by atoms with Gasteiger partial charge in [-0.1, -0.05) is 22.0 Å². The molecule has 140 valence electrons. The van der Waals surface area contributed by atoms with Crippen molar-refractivity contribution in [2.24, 2.45) is 0 Å². The molecule has 3 aromatic rings. The third kappa shape index (κ3) is 5.34. The lowest BCUT2D eigenvalue weighted by Gasteiger charge is -2.09. The predicted molar refractivity (Wildman–Crippen MR) is 103 cm³/mol. The Bertz CT molecular complexity index is 1010. The molecule has 0 amide bonds. The van der Waals surface area contributed by atoms with Crippen LogP contribution in [0.3, 0.4) is 0 Å². The van der Waals surface area contributed by atoms with Gasteiger partial charge in [0, 0.05) is 22.0 Å². The van der Waals surface area contributed by atoms with Crippen LogP contribution in [0.15, 0.2) is 62.2 Å². The van der Waals surface area contributed by atoms with Gasteiger partial charge in [0.15, 0.2) is 6.61 Å². The minimum atomic E-state index is -0.515. The lowest BCUT2D eigenvalue weighted by Crippen LogP contribution is -2.18. The van der Waals surface area contributed by atoms with E-state index >= 15 is 0 Å². The van der Waals surface area contributed by atoms with Gasteiger partial charge in [0.25, 0.3) is 0 Å². The van der Waals surface area contributed by atoms with Crippen LogP contribution in [0, 0.1) is 6.92 Å². The molecule has 6 nitrogen and oxygen atoms in total. The van der Waals surface area contributed by atoms with Crippen LogP contribution in [0.4, 0.5) is 0 Å². The molecule has 0 aliphatic rings. The normalized spacial score (nSPS) is 10.6. The number of carbonyl (C=O) groups excluding carboxylic acids is 1. The van der Waals surface area contributed by atoms with Gasteiger partial charge < -0.3 is 18.6 Å². The topological polar surface area (TPSA) is 75.0 Å². The SMILES string of the molecule is Cc1cc(=O)oc2cc(OCC(=O)OCCOc3cccc(Br)c3)ccc12. The smallest absolute Gasteiger partial charge is 0.344 e. The van der Waals surface area contributed by atoms with Gasteiger partial charge in [0.05, 0.1) is 0 Å². The summed E-state index contributed by atoms with van der Waals surface area (Å²) in [6, 6.07) is 13.9. The van der Waals surface area contributed by atoms with Crippen LogP contribution in [-0.2, 0) is 9.53 Å². The lowest BCUT2D eigenvalue weighted by atomic mass is 10.1. The highest BCUT2D eigenvalue weighted by Gasteiger charge is 2.07. The predicted octanol–water partition coefficient (Wildman–Crippen LogP) is 3.86. The van der Waals surface area contributed by atoms with Crippen molar-refractivity contribution in [3.8, 4) is 11.5 Å². The second-order valence-electron chi connectivity index (χ2n) is 5.72. The largest absolute Gasteiger partial charge is 0.490 e. The minimum absolute atomic E-state index is 0.112. The van der Waals surface area contributed by atoms with E-state index in [1.165, 1.54) is 6.07 Å². The first kappa shape index (κ1) is 19.0. The molecule has 0 aliphatic carbocycles. The fourth-order valence-electron chi connectivity index (χ4n) is 2.45. The van der Waals surface area contributed by atoms with E-state index in [9.17, 15) is 9.59 Å². The van der Waals surface area contributed by atoms with Gasteiger partial charge in [0.1, 0.15) is 30.3 Å². The van der Waals surface area contributed by atoms with Crippen LogP contribution in [0.25, 0.3) is 11.0 Å². The summed E-state index contributed by atoms with van der Waals surface area (Å²) < 4.78 is 22.0. The molecule has 0 spiro atoms. The van der Waals surface area contributed by atoms with Crippen LogP contribution in [0.1, 0.15) is 5.56 Å². The number of esters is 1. The summed E-state index contributed by atoms with van der Waals surface area (Å²) in [6.07, 6.45) is 0. The molecule has 0 unspecified atom stereocenters. The Hall–Kier alpha value is -2.80. The maximum Gasteiger partial charge on any atom is 0.344 e. The van der Waals surface area contributed by atoms with Crippen molar-refractivity contribution in [1.29, 1.82) is 0 Å². The van der Waals surface area contributed by atoms with E-state index in [1.54, 1.807) is 18.2 Å². The van der Waals surface area contributed by atoms with E-state index < -0.39 is 11.6 Å². The van der Waals surface area contributed by atoms with Crippen molar-refractivity contribution < 1.29 is 23.4 Å². The number of carbonyl (C=O) groups is 1. The zero-order chi connectivity index (χ0) is 19.2. The summed E-state index contributed by atoms with van der Waals surface area (Å²) >= 11 is 3.35. The van der Waals surface area contributed by atoms with Gasteiger partial charge >= 0.3 is 11.6 Å². The molecule has 0 saturated heterocycles. The molecule has 0 N–H and O–H groups in total. The number of fused-ring (bicyclic) bond motifs is 1. The first-order valence-corrected chi connectivity index (χ1v) is 9.02. The van der Waals surface area contributed by atoms with Crippen molar-refractivity contribution in [2.45, 2.75) is 6.92 Å². The lowest BCUT2D eigenvalue weighted by molar-refractivity contribution is -0.146. The second kappa shape index (κ2) is 8.73. The third-order valence-electron chi connectivity index (χ3n) is 3.69. The molecule has 3 rings (SSSR count). The zero-order valence-corrected chi connectivity index (χ0v) is 16.2. The fourth-order valence-corrected chi connectivity index (χ4v) is 2.83. The highest BCUT2D eigenvalue weighted by molar-refractivity contribution is 9.10. The Morgan fingerprint density at radius 2 is 1.85 bits per heavy atom. The van der Waals surface area contributed by atoms with Crippen LogP contribution in [-0.4, -0.2) is 25.8 Å². The highest BCUT2D eigenvalue weighted by atomic mass is 79.9. The molecule has 1 aromatic heterocycles. The summed E-state index contributed by atoms with van der Waals surface area (Å²) in [6.45, 7) is 1.93. The number of hydrogen-bond acceptors (Lipinski definition) is 6. The van der Waals surface area contributed by atoms with E-state index in [0.29, 0.717) is 17.1 Å². The van der Waals surface area contributed by atoms with Gasteiger partial charge in [-0.3, -0.25) is 0 Å². The van der Waals surface area contributed by atoms with E-state index in [2.05, 4.69) is 15.9 Å². The summed E-state index contributed by atoms with van der Waals surface area (Å²) in [5.41, 5.74) is 0.799. The first-order valence-electron chi connectivity index (χ1n) is 8.22. The Kier molecular flexibility index (Phi) is 6.13. The van der Waals surface area contributed by atoms with Gasteiger partial charge in [-0.05, 0) is 42.8 Å². The summed E-state index contributed by atoms with van der Waals surface area (Å²) in [5.74, 6) is 0.585. The van der Waals surface area contributed by atoms with Gasteiger partial charge in [0.2, 0.25) is 0 Å². The van der Waals surface area contributed by atoms with Crippen LogP contribution < -0.4 is 15.1 Å². The molecule has 1 heterocycles. The number of aryl methyl sites for hydroxylation is 1. The first-order chi connectivity index (χ1) is 13.0. The van der Waals surface area contributed by atoms with Gasteiger partial charge in [-0.25, -0.2) is 9.59 Å². The molecule has 0 aliphatic heterocycles. The Morgan fingerprint density at radius 1 is 1.04 bits per heavy atom. The average molecular weight is 433 g/mol. The summed E-state index contributed by atoms with van der Waals surface area (Å²) in [5, 5.41) is 0.814. The van der Waals surface area contributed by atoms with Crippen molar-refractivity contribution >= 4 is 32.9 Å². The number of rotatable bonds is 7. The summed E-state index contributed by atoms with van der Waals surface area (Å²) in [7, 11) is 0. The highest BCUT2D eigenvalue weighted by Crippen LogP contribution is 2.22. The molecule has 0 fully saturated rings. The van der Waals surface area contributed by atoms with Gasteiger partial charge in [-0.15, -0.1) is 0 Å². The fraction of sp³-hybridized carbons (Fsp3) is 0.200. The zero-order valence-electron chi connectivity index (χ0n) is 14.6. The molecular weight excluding hydrogens is 416 g/mol. The third-order valence-corrected chi connectivity index (χ3v) is 4.18. The standard InChI is InChI=1S/C20H17BrO6/c1-13-9-19(22)27-18-11-16(5-6-17(13)18)26-12-20(23)25-8-7-24-15-4-2-3-14(21)10-15/h2-6,9-11H,7-8,12H2,1H3. The van der Waals surface area contributed by atoms with E-state index in [4.69, 9.17) is 18.6 Å². The van der Waals surface area contributed by atoms with Crippen molar-refractivity contribution in [2.75, 3.05) is 19.8 Å². The van der Waals surface area contributed by atoms with Gasteiger partial charge in [-0.2, -0.15) is 0 Å². The molecule has 27 heavy (non-hydrogen) atoms. The van der Waals surface area contributed by atoms with Crippen LogP contribution >= 0.6 is 15.9 Å². The van der Waals surface area contributed by atoms with Crippen molar-refractivity contribution in [3.05, 3.63) is 69.0 Å². The van der Waals surface area contributed by atoms with Crippen molar-refractivity contribution in [1.82, 2.24) is 0 Å². The Balaban J connectivity index is 1.46.